The van der Waals surface area contributed by atoms with Crippen molar-refractivity contribution in [2.45, 2.75) is 32.2 Å². The van der Waals surface area contributed by atoms with Crippen LogP contribution in [0.15, 0.2) is 48.5 Å². The van der Waals surface area contributed by atoms with Crippen molar-refractivity contribution in [3.05, 3.63) is 76.9 Å². The molecule has 1 N–H and O–H groups in total. The quantitative estimate of drug-likeness (QED) is 0.733. The molecule has 1 aromatic heterocycles. The monoisotopic (exact) mass is 379 g/mol. The molecule has 1 aliphatic rings. The zero-order valence-corrected chi connectivity index (χ0v) is 15.7. The molecule has 0 saturated carbocycles. The van der Waals surface area contributed by atoms with Gasteiger partial charge in [0.15, 0.2) is 5.69 Å². The molecule has 0 spiro atoms. The molecule has 28 heavy (non-hydrogen) atoms. The largest absolute Gasteiger partial charge is 0.497 e. The third-order valence-electron chi connectivity index (χ3n) is 5.08. The molecule has 0 unspecified atom stereocenters. The number of methoxy groups -OCH3 is 1. The Labute approximate surface area is 163 Å². The van der Waals surface area contributed by atoms with E-state index in [4.69, 9.17) is 4.74 Å². The second-order valence-electron chi connectivity index (χ2n) is 6.90. The Hall–Kier alpha value is -3.15. The summed E-state index contributed by atoms with van der Waals surface area (Å²) in [6.07, 6.45) is 3.81. The van der Waals surface area contributed by atoms with E-state index in [1.54, 1.807) is 23.9 Å². The van der Waals surface area contributed by atoms with Gasteiger partial charge in [0, 0.05) is 17.8 Å². The molecular weight excluding hydrogens is 357 g/mol. The molecule has 6 heteroatoms. The van der Waals surface area contributed by atoms with E-state index < -0.39 is 0 Å². The van der Waals surface area contributed by atoms with Gasteiger partial charge in [-0.05, 0) is 67.6 Å². The summed E-state index contributed by atoms with van der Waals surface area (Å²) in [4.78, 5) is 12.8. The molecule has 1 amide bonds. The summed E-state index contributed by atoms with van der Waals surface area (Å²) in [5.41, 5.74) is 4.28. The van der Waals surface area contributed by atoms with E-state index in [1.807, 2.05) is 24.3 Å². The number of amides is 1. The van der Waals surface area contributed by atoms with Gasteiger partial charge in [0.25, 0.3) is 5.91 Å². The minimum Gasteiger partial charge on any atom is -0.497 e. The van der Waals surface area contributed by atoms with Crippen molar-refractivity contribution in [3.63, 3.8) is 0 Å². The van der Waals surface area contributed by atoms with Crippen molar-refractivity contribution in [1.29, 1.82) is 0 Å². The molecule has 2 aromatic carbocycles. The van der Waals surface area contributed by atoms with Gasteiger partial charge in [0.1, 0.15) is 11.6 Å². The lowest BCUT2D eigenvalue weighted by Gasteiger charge is -2.14. The second-order valence-corrected chi connectivity index (χ2v) is 6.90. The second kappa shape index (κ2) is 7.84. The zero-order valence-electron chi connectivity index (χ0n) is 15.7. The predicted octanol–water partition coefficient (Wildman–Crippen LogP) is 3.83. The molecule has 0 saturated heterocycles. The highest BCUT2D eigenvalue weighted by Gasteiger charge is 2.25. The first-order valence-corrected chi connectivity index (χ1v) is 9.43. The Balaban J connectivity index is 1.58. The lowest BCUT2D eigenvalue weighted by molar-refractivity contribution is 0.0944. The average Bonchev–Trinajstić information content (AvgIpc) is 3.13. The minimum atomic E-state index is -0.290. The van der Waals surface area contributed by atoms with Gasteiger partial charge in [-0.3, -0.25) is 4.79 Å². The van der Waals surface area contributed by atoms with Crippen LogP contribution in [0.2, 0.25) is 0 Å². The van der Waals surface area contributed by atoms with E-state index in [2.05, 4.69) is 10.4 Å². The molecule has 1 aliphatic carbocycles. The Morgan fingerprint density at radius 3 is 2.54 bits per heavy atom. The van der Waals surface area contributed by atoms with Crippen LogP contribution in [0.4, 0.5) is 4.39 Å². The number of rotatable bonds is 5. The lowest BCUT2D eigenvalue weighted by atomic mass is 9.95. The number of benzene rings is 2. The minimum absolute atomic E-state index is 0.185. The summed E-state index contributed by atoms with van der Waals surface area (Å²) in [5.74, 6) is 0.305. The molecule has 5 nitrogen and oxygen atoms in total. The van der Waals surface area contributed by atoms with Crippen LogP contribution in [0.1, 0.15) is 40.2 Å². The molecule has 0 bridgehead atoms. The fourth-order valence-corrected chi connectivity index (χ4v) is 3.59. The molecule has 0 aliphatic heterocycles. The predicted molar refractivity (Wildman–Crippen MR) is 104 cm³/mol. The van der Waals surface area contributed by atoms with Crippen molar-refractivity contribution < 1.29 is 13.9 Å². The summed E-state index contributed by atoms with van der Waals surface area (Å²) in [7, 11) is 1.62. The highest BCUT2D eigenvalue weighted by atomic mass is 19.1. The van der Waals surface area contributed by atoms with Gasteiger partial charge in [-0.2, -0.15) is 5.10 Å². The van der Waals surface area contributed by atoms with Crippen LogP contribution in [0.5, 0.6) is 5.75 Å². The Morgan fingerprint density at radius 1 is 1.11 bits per heavy atom. The normalized spacial score (nSPS) is 13.1. The van der Waals surface area contributed by atoms with Gasteiger partial charge in [0.05, 0.1) is 12.8 Å². The third-order valence-corrected chi connectivity index (χ3v) is 5.08. The number of fused-ring (bicyclic) bond motifs is 1. The zero-order chi connectivity index (χ0) is 19.5. The first-order chi connectivity index (χ1) is 13.7. The maximum Gasteiger partial charge on any atom is 0.272 e. The molecule has 1 heterocycles. The first kappa shape index (κ1) is 18.2. The van der Waals surface area contributed by atoms with E-state index in [0.29, 0.717) is 12.2 Å². The number of halogens is 1. The molecule has 0 atom stereocenters. The lowest BCUT2D eigenvalue weighted by Crippen LogP contribution is -2.24. The van der Waals surface area contributed by atoms with Crippen LogP contribution < -0.4 is 10.1 Å². The number of carbonyl (C=O) groups excluding carboxylic acids is 1. The van der Waals surface area contributed by atoms with Crippen LogP contribution in [-0.4, -0.2) is 22.8 Å². The van der Waals surface area contributed by atoms with Crippen molar-refractivity contribution in [2.24, 2.45) is 0 Å². The van der Waals surface area contributed by atoms with Crippen molar-refractivity contribution in [3.8, 4) is 11.4 Å². The van der Waals surface area contributed by atoms with Crippen LogP contribution in [-0.2, 0) is 19.4 Å². The van der Waals surface area contributed by atoms with Crippen LogP contribution in [0, 0.1) is 5.82 Å². The van der Waals surface area contributed by atoms with E-state index in [-0.39, 0.29) is 11.7 Å². The first-order valence-electron chi connectivity index (χ1n) is 9.43. The summed E-state index contributed by atoms with van der Waals surface area (Å²) in [6, 6.07) is 13.8. The van der Waals surface area contributed by atoms with E-state index in [9.17, 15) is 9.18 Å². The van der Waals surface area contributed by atoms with Crippen LogP contribution >= 0.6 is 0 Å². The maximum absolute atomic E-state index is 13.3. The highest BCUT2D eigenvalue weighted by molar-refractivity contribution is 5.94. The fraction of sp³-hybridized carbons (Fsp3) is 0.273. The van der Waals surface area contributed by atoms with Gasteiger partial charge in [-0.15, -0.1) is 0 Å². The maximum atomic E-state index is 13.3. The van der Waals surface area contributed by atoms with Gasteiger partial charge in [-0.25, -0.2) is 9.07 Å². The Kier molecular flexibility index (Phi) is 5.10. The van der Waals surface area contributed by atoms with E-state index in [1.165, 1.54) is 12.1 Å². The number of nitrogens with zero attached hydrogens (tertiary/aromatic N) is 2. The van der Waals surface area contributed by atoms with Crippen molar-refractivity contribution in [2.75, 3.05) is 7.11 Å². The molecule has 3 aromatic rings. The summed E-state index contributed by atoms with van der Waals surface area (Å²) < 4.78 is 20.2. The topological polar surface area (TPSA) is 56.1 Å². The SMILES string of the molecule is COc1ccc(CNC(=O)c2nn(-c3ccc(F)cc3)c3c2CCCC3)cc1. The fourth-order valence-electron chi connectivity index (χ4n) is 3.59. The molecule has 144 valence electrons. The van der Waals surface area contributed by atoms with Gasteiger partial charge < -0.3 is 10.1 Å². The molecular formula is C22H22FN3O2. The Morgan fingerprint density at radius 2 is 1.82 bits per heavy atom. The van der Waals surface area contributed by atoms with Crippen LogP contribution in [0.3, 0.4) is 0 Å². The third kappa shape index (κ3) is 3.63. The van der Waals surface area contributed by atoms with Crippen molar-refractivity contribution >= 4 is 5.91 Å². The van der Waals surface area contributed by atoms with Gasteiger partial charge in [0.2, 0.25) is 0 Å². The van der Waals surface area contributed by atoms with Crippen LogP contribution in [0.25, 0.3) is 5.69 Å². The average molecular weight is 379 g/mol. The van der Waals surface area contributed by atoms with E-state index in [0.717, 1.165) is 53.9 Å². The number of hydrogen-bond donors (Lipinski definition) is 1. The highest BCUT2D eigenvalue weighted by Crippen LogP contribution is 2.27. The number of carbonyl (C=O) groups is 1. The van der Waals surface area contributed by atoms with Crippen molar-refractivity contribution in [1.82, 2.24) is 15.1 Å². The molecule has 4 rings (SSSR count). The van der Waals surface area contributed by atoms with E-state index >= 15 is 0 Å². The number of nitrogens with one attached hydrogen (secondary N) is 1. The number of ether oxygens (including phenoxy) is 1. The standard InChI is InChI=1S/C22H22FN3O2/c1-28-18-12-6-15(7-13-18)14-24-22(27)21-19-4-2-3-5-20(19)26(25-21)17-10-8-16(23)9-11-17/h6-13H,2-5,14H2,1H3,(H,24,27). The summed E-state index contributed by atoms with van der Waals surface area (Å²) >= 11 is 0. The van der Waals surface area contributed by atoms with Gasteiger partial charge in [-0.1, -0.05) is 12.1 Å². The number of aromatic nitrogens is 2. The molecule has 0 radical (unpaired) electrons. The smallest absolute Gasteiger partial charge is 0.272 e. The van der Waals surface area contributed by atoms with Gasteiger partial charge >= 0.3 is 0 Å². The molecule has 0 fully saturated rings. The number of hydrogen-bond acceptors (Lipinski definition) is 3. The summed E-state index contributed by atoms with van der Waals surface area (Å²) in [6.45, 7) is 0.418. The summed E-state index contributed by atoms with van der Waals surface area (Å²) in [5, 5.41) is 7.55. The Bertz CT molecular complexity index is 978.